The van der Waals surface area contributed by atoms with Crippen LogP contribution in [0.1, 0.15) is 21.9 Å². The van der Waals surface area contributed by atoms with E-state index in [2.05, 4.69) is 44.1 Å². The van der Waals surface area contributed by atoms with Crippen LogP contribution in [0.4, 0.5) is 5.69 Å². The van der Waals surface area contributed by atoms with E-state index in [0.717, 1.165) is 46.6 Å². The maximum atomic E-state index is 12.4. The van der Waals surface area contributed by atoms with Gasteiger partial charge >= 0.3 is 0 Å². The van der Waals surface area contributed by atoms with E-state index < -0.39 is 0 Å². The summed E-state index contributed by atoms with van der Waals surface area (Å²) in [4.78, 5) is 25.3. The van der Waals surface area contributed by atoms with Crippen LogP contribution in [-0.2, 0) is 12.8 Å². The van der Waals surface area contributed by atoms with E-state index in [1.54, 1.807) is 6.20 Å². The molecule has 5 rings (SSSR count). The lowest BCUT2D eigenvalue weighted by Gasteiger charge is -2.10. The summed E-state index contributed by atoms with van der Waals surface area (Å²) in [5.74, 6) is 0.729. The zero-order valence-electron chi connectivity index (χ0n) is 17.3. The summed E-state index contributed by atoms with van der Waals surface area (Å²) < 4.78 is 2.22. The summed E-state index contributed by atoms with van der Waals surface area (Å²) in [5.41, 5.74) is 5.31. The first-order valence-corrected chi connectivity index (χ1v) is 10.5. The van der Waals surface area contributed by atoms with Crippen LogP contribution < -0.4 is 5.32 Å². The summed E-state index contributed by atoms with van der Waals surface area (Å²) in [6, 6.07) is 26.4. The number of nitrogens with zero attached hydrogens (tertiary/aromatic N) is 4. The third kappa shape index (κ3) is 4.11. The van der Waals surface area contributed by atoms with Gasteiger partial charge in [0, 0.05) is 30.2 Å². The van der Waals surface area contributed by atoms with Gasteiger partial charge in [-0.05, 0) is 48.4 Å². The molecular formula is C26H21N5O. The second-order valence-electron chi connectivity index (χ2n) is 7.43. The van der Waals surface area contributed by atoms with Crippen molar-refractivity contribution in [1.82, 2.24) is 19.5 Å². The average molecular weight is 419 g/mol. The molecule has 0 fully saturated rings. The SMILES string of the molecule is O=C(Nc1cccc(CCc2nc3ccccc3n2-c2ccccc2)c1)c1cnccn1. The van der Waals surface area contributed by atoms with E-state index in [1.807, 2.05) is 54.6 Å². The molecule has 1 amide bonds. The fourth-order valence-electron chi connectivity index (χ4n) is 3.78. The van der Waals surface area contributed by atoms with Crippen LogP contribution >= 0.6 is 0 Å². The van der Waals surface area contributed by atoms with Crippen molar-refractivity contribution in [3.8, 4) is 5.69 Å². The standard InChI is InChI=1S/C26H21N5O/c32-26(23-18-27-15-16-28-23)29-20-8-6-7-19(17-20)13-14-25-30-22-11-4-5-12-24(22)31(25)21-9-2-1-3-10-21/h1-12,15-18H,13-14H2,(H,29,32). The van der Waals surface area contributed by atoms with E-state index in [-0.39, 0.29) is 11.6 Å². The van der Waals surface area contributed by atoms with Gasteiger partial charge in [0.2, 0.25) is 0 Å². The van der Waals surface area contributed by atoms with Crippen LogP contribution in [0.15, 0.2) is 97.5 Å². The quantitative estimate of drug-likeness (QED) is 0.427. The minimum absolute atomic E-state index is 0.277. The number of aromatic nitrogens is 4. The van der Waals surface area contributed by atoms with Gasteiger partial charge in [-0.15, -0.1) is 0 Å². The van der Waals surface area contributed by atoms with Crippen molar-refractivity contribution in [1.29, 1.82) is 0 Å². The molecule has 3 aromatic carbocycles. The summed E-state index contributed by atoms with van der Waals surface area (Å²) in [7, 11) is 0. The van der Waals surface area contributed by atoms with Crippen LogP contribution in [0.25, 0.3) is 16.7 Å². The van der Waals surface area contributed by atoms with Gasteiger partial charge in [-0.1, -0.05) is 42.5 Å². The number of anilines is 1. The smallest absolute Gasteiger partial charge is 0.275 e. The first-order valence-electron chi connectivity index (χ1n) is 10.5. The normalized spacial score (nSPS) is 10.9. The Morgan fingerprint density at radius 2 is 1.72 bits per heavy atom. The molecule has 0 radical (unpaired) electrons. The lowest BCUT2D eigenvalue weighted by atomic mass is 10.1. The molecule has 5 aromatic rings. The highest BCUT2D eigenvalue weighted by atomic mass is 16.1. The minimum atomic E-state index is -0.277. The molecule has 1 N–H and O–H groups in total. The molecule has 0 unspecified atom stereocenters. The number of hydrogen-bond donors (Lipinski definition) is 1. The van der Waals surface area contributed by atoms with Gasteiger partial charge in [-0.2, -0.15) is 0 Å². The Kier molecular flexibility index (Phi) is 5.41. The Balaban J connectivity index is 1.38. The molecule has 0 spiro atoms. The molecule has 2 aromatic heterocycles. The number of carbonyl (C=O) groups excluding carboxylic acids is 1. The van der Waals surface area contributed by atoms with Gasteiger partial charge < -0.3 is 5.32 Å². The Labute approximate surface area is 185 Å². The Morgan fingerprint density at radius 1 is 0.875 bits per heavy atom. The van der Waals surface area contributed by atoms with Crippen molar-refractivity contribution < 1.29 is 4.79 Å². The molecule has 6 nitrogen and oxygen atoms in total. The second kappa shape index (κ2) is 8.81. The topological polar surface area (TPSA) is 72.7 Å². The molecule has 32 heavy (non-hydrogen) atoms. The summed E-state index contributed by atoms with van der Waals surface area (Å²) in [6.45, 7) is 0. The van der Waals surface area contributed by atoms with Crippen molar-refractivity contribution in [2.24, 2.45) is 0 Å². The monoisotopic (exact) mass is 419 g/mol. The van der Waals surface area contributed by atoms with Crippen molar-refractivity contribution in [3.05, 3.63) is 115 Å². The number of amides is 1. The molecule has 0 aliphatic rings. The van der Waals surface area contributed by atoms with Crippen LogP contribution in [0.5, 0.6) is 0 Å². The maximum Gasteiger partial charge on any atom is 0.275 e. The number of nitrogens with one attached hydrogen (secondary N) is 1. The fourth-order valence-corrected chi connectivity index (χ4v) is 3.78. The number of fused-ring (bicyclic) bond motifs is 1. The van der Waals surface area contributed by atoms with Gasteiger partial charge in [-0.25, -0.2) is 9.97 Å². The molecule has 6 heteroatoms. The number of imidazole rings is 1. The molecular weight excluding hydrogens is 398 g/mol. The van der Waals surface area contributed by atoms with Gasteiger partial charge in [0.05, 0.1) is 17.2 Å². The Morgan fingerprint density at radius 3 is 2.56 bits per heavy atom. The lowest BCUT2D eigenvalue weighted by molar-refractivity contribution is 0.102. The van der Waals surface area contributed by atoms with Gasteiger partial charge in [-0.3, -0.25) is 14.3 Å². The minimum Gasteiger partial charge on any atom is -0.321 e. The Hall–Kier alpha value is -4.32. The average Bonchev–Trinajstić information content (AvgIpc) is 3.22. The van der Waals surface area contributed by atoms with Crippen LogP contribution in [-0.4, -0.2) is 25.4 Å². The van der Waals surface area contributed by atoms with Gasteiger partial charge in [0.1, 0.15) is 11.5 Å². The van der Waals surface area contributed by atoms with Crippen molar-refractivity contribution in [2.75, 3.05) is 5.32 Å². The van der Waals surface area contributed by atoms with Gasteiger partial charge in [0.15, 0.2) is 0 Å². The van der Waals surface area contributed by atoms with Gasteiger partial charge in [0.25, 0.3) is 5.91 Å². The highest BCUT2D eigenvalue weighted by Crippen LogP contribution is 2.23. The van der Waals surface area contributed by atoms with E-state index >= 15 is 0 Å². The first kappa shape index (κ1) is 19.6. The molecule has 0 aliphatic carbocycles. The van der Waals surface area contributed by atoms with E-state index in [1.165, 1.54) is 12.4 Å². The van der Waals surface area contributed by atoms with Crippen molar-refractivity contribution in [3.63, 3.8) is 0 Å². The first-order chi connectivity index (χ1) is 15.8. The van der Waals surface area contributed by atoms with E-state index in [9.17, 15) is 4.79 Å². The van der Waals surface area contributed by atoms with Crippen molar-refractivity contribution in [2.45, 2.75) is 12.8 Å². The zero-order valence-corrected chi connectivity index (χ0v) is 17.3. The number of hydrogen-bond acceptors (Lipinski definition) is 4. The van der Waals surface area contributed by atoms with E-state index in [0.29, 0.717) is 0 Å². The zero-order chi connectivity index (χ0) is 21.8. The maximum absolute atomic E-state index is 12.4. The summed E-state index contributed by atoms with van der Waals surface area (Å²) in [6.07, 6.45) is 6.06. The lowest BCUT2D eigenvalue weighted by Crippen LogP contribution is -2.14. The van der Waals surface area contributed by atoms with Crippen LogP contribution in [0.2, 0.25) is 0 Å². The van der Waals surface area contributed by atoms with E-state index in [4.69, 9.17) is 4.98 Å². The highest BCUT2D eigenvalue weighted by Gasteiger charge is 2.13. The molecule has 0 bridgehead atoms. The second-order valence-corrected chi connectivity index (χ2v) is 7.43. The number of carbonyl (C=O) groups is 1. The Bertz CT molecular complexity index is 1360. The highest BCUT2D eigenvalue weighted by molar-refractivity contribution is 6.02. The fraction of sp³-hybridized carbons (Fsp3) is 0.0769. The number of aryl methyl sites for hydroxylation is 2. The van der Waals surface area contributed by atoms with Crippen molar-refractivity contribution >= 4 is 22.6 Å². The molecule has 0 aliphatic heterocycles. The van der Waals surface area contributed by atoms with Crippen LogP contribution in [0, 0.1) is 0 Å². The molecule has 2 heterocycles. The summed E-state index contributed by atoms with van der Waals surface area (Å²) in [5, 5.41) is 2.89. The molecule has 0 saturated heterocycles. The number of para-hydroxylation sites is 3. The summed E-state index contributed by atoms with van der Waals surface area (Å²) >= 11 is 0. The predicted octanol–water partition coefficient (Wildman–Crippen LogP) is 4.85. The molecule has 0 saturated carbocycles. The third-order valence-corrected chi connectivity index (χ3v) is 5.26. The molecule has 0 atom stereocenters. The van der Waals surface area contributed by atoms with Crippen LogP contribution in [0.3, 0.4) is 0 Å². The largest absolute Gasteiger partial charge is 0.321 e. The number of rotatable bonds is 6. The third-order valence-electron chi connectivity index (χ3n) is 5.26. The number of benzene rings is 3. The molecule has 156 valence electrons. The predicted molar refractivity (Wildman–Crippen MR) is 125 cm³/mol.